The molecule has 1 amide bonds. The van der Waals surface area contributed by atoms with E-state index in [4.69, 9.17) is 9.47 Å². The smallest absolute Gasteiger partial charge is 0.246 e. The average molecular weight is 315 g/mol. The summed E-state index contributed by atoms with van der Waals surface area (Å²) in [6.45, 7) is 3.04. The van der Waals surface area contributed by atoms with Gasteiger partial charge in [0.25, 0.3) is 0 Å². The van der Waals surface area contributed by atoms with Crippen molar-refractivity contribution in [2.45, 2.75) is 31.8 Å². The molecule has 2 aliphatic rings. The van der Waals surface area contributed by atoms with Crippen molar-refractivity contribution in [2.24, 2.45) is 0 Å². The summed E-state index contributed by atoms with van der Waals surface area (Å²) in [5, 5.41) is 0. The summed E-state index contributed by atoms with van der Waals surface area (Å²) in [7, 11) is 1.59. The van der Waals surface area contributed by atoms with Crippen LogP contribution < -0.4 is 9.47 Å². The third-order valence-corrected chi connectivity index (χ3v) is 4.59. The van der Waals surface area contributed by atoms with Crippen molar-refractivity contribution >= 4 is 11.7 Å². The number of ketones is 1. The second kappa shape index (κ2) is 6.07. The van der Waals surface area contributed by atoms with Crippen LogP contribution in [-0.2, 0) is 4.79 Å². The van der Waals surface area contributed by atoms with Gasteiger partial charge in [0, 0.05) is 32.0 Å². The monoisotopic (exact) mass is 315 g/mol. The third-order valence-electron chi connectivity index (χ3n) is 4.59. The van der Waals surface area contributed by atoms with Crippen molar-refractivity contribution in [1.82, 2.24) is 4.90 Å². The number of amides is 1. The molecule has 1 saturated heterocycles. The molecule has 1 aromatic carbocycles. The zero-order valence-electron chi connectivity index (χ0n) is 13.5. The summed E-state index contributed by atoms with van der Waals surface area (Å²) in [5.41, 5.74) is 0.118. The molecule has 0 atom stereocenters. The molecule has 1 aromatic rings. The number of ether oxygens (including phenoxy) is 2. The van der Waals surface area contributed by atoms with Crippen molar-refractivity contribution in [2.75, 3.05) is 20.2 Å². The molecule has 2 heterocycles. The second-order valence-electron chi connectivity index (χ2n) is 6.07. The van der Waals surface area contributed by atoms with E-state index in [-0.39, 0.29) is 11.7 Å². The first-order valence-corrected chi connectivity index (χ1v) is 7.89. The van der Waals surface area contributed by atoms with Crippen LogP contribution in [0.3, 0.4) is 0 Å². The number of piperidine rings is 1. The highest BCUT2D eigenvalue weighted by molar-refractivity contribution is 6.00. The summed E-state index contributed by atoms with van der Waals surface area (Å²) < 4.78 is 11.4. The first kappa shape index (κ1) is 15.6. The normalized spacial score (nSPS) is 19.6. The highest BCUT2D eigenvalue weighted by Gasteiger charge is 2.43. The van der Waals surface area contributed by atoms with E-state index in [1.54, 1.807) is 42.4 Å². The molecule has 5 heteroatoms. The SMILES string of the molecule is C/C=C/C(=O)N1CCC2(CC1)CC(=O)c1ccc(OC)cc1O2. The number of hydrogen-bond acceptors (Lipinski definition) is 4. The van der Waals surface area contributed by atoms with E-state index in [1.807, 2.05) is 6.92 Å². The number of carbonyl (C=O) groups excluding carboxylic acids is 2. The standard InChI is InChI=1S/C18H21NO4/c1-3-4-17(21)19-9-7-18(8-10-19)12-15(20)14-6-5-13(22-2)11-16(14)23-18/h3-6,11H,7-10,12H2,1-2H3/b4-3+. The van der Waals surface area contributed by atoms with E-state index in [0.29, 0.717) is 49.4 Å². The van der Waals surface area contributed by atoms with Gasteiger partial charge < -0.3 is 14.4 Å². The molecule has 23 heavy (non-hydrogen) atoms. The van der Waals surface area contributed by atoms with E-state index in [9.17, 15) is 9.59 Å². The van der Waals surface area contributed by atoms with Crippen LogP contribution in [0.4, 0.5) is 0 Å². The Kier molecular flexibility index (Phi) is 4.11. The van der Waals surface area contributed by atoms with Crippen LogP contribution in [-0.4, -0.2) is 42.4 Å². The molecular weight excluding hydrogens is 294 g/mol. The zero-order valence-corrected chi connectivity index (χ0v) is 13.5. The lowest BCUT2D eigenvalue weighted by Gasteiger charge is -2.43. The fourth-order valence-corrected chi connectivity index (χ4v) is 3.26. The summed E-state index contributed by atoms with van der Waals surface area (Å²) in [5.74, 6) is 1.39. The number of benzene rings is 1. The van der Waals surface area contributed by atoms with E-state index >= 15 is 0 Å². The minimum absolute atomic E-state index is 0.0200. The van der Waals surface area contributed by atoms with E-state index in [0.717, 1.165) is 0 Å². The van der Waals surface area contributed by atoms with Gasteiger partial charge in [0.15, 0.2) is 5.78 Å². The number of Topliss-reactive ketones (excluding diaryl/α,β-unsaturated/α-hetero) is 1. The van der Waals surface area contributed by atoms with Crippen molar-refractivity contribution in [1.29, 1.82) is 0 Å². The Labute approximate surface area is 135 Å². The van der Waals surface area contributed by atoms with Crippen LogP contribution in [0.2, 0.25) is 0 Å². The van der Waals surface area contributed by atoms with Gasteiger partial charge in [-0.05, 0) is 25.1 Å². The van der Waals surface area contributed by atoms with Gasteiger partial charge in [-0.25, -0.2) is 0 Å². The van der Waals surface area contributed by atoms with Crippen LogP contribution in [0, 0.1) is 0 Å². The first-order chi connectivity index (χ1) is 11.1. The largest absolute Gasteiger partial charge is 0.497 e. The average Bonchev–Trinajstić information content (AvgIpc) is 2.55. The first-order valence-electron chi connectivity index (χ1n) is 7.89. The van der Waals surface area contributed by atoms with Crippen LogP contribution in [0.25, 0.3) is 0 Å². The van der Waals surface area contributed by atoms with E-state index < -0.39 is 5.60 Å². The minimum Gasteiger partial charge on any atom is -0.497 e. The van der Waals surface area contributed by atoms with Crippen molar-refractivity contribution < 1.29 is 19.1 Å². The van der Waals surface area contributed by atoms with Crippen molar-refractivity contribution in [3.8, 4) is 11.5 Å². The van der Waals surface area contributed by atoms with Gasteiger partial charge in [-0.2, -0.15) is 0 Å². The summed E-state index contributed by atoms with van der Waals surface area (Å²) in [6, 6.07) is 5.30. The minimum atomic E-state index is -0.497. The Morgan fingerprint density at radius 2 is 2.09 bits per heavy atom. The topological polar surface area (TPSA) is 55.8 Å². The van der Waals surface area contributed by atoms with Gasteiger partial charge >= 0.3 is 0 Å². The van der Waals surface area contributed by atoms with Gasteiger partial charge in [0.05, 0.1) is 19.1 Å². The Hall–Kier alpha value is -2.30. The maximum Gasteiger partial charge on any atom is 0.246 e. The van der Waals surface area contributed by atoms with Crippen LogP contribution in [0.1, 0.15) is 36.5 Å². The Morgan fingerprint density at radius 3 is 2.74 bits per heavy atom. The van der Waals surface area contributed by atoms with Gasteiger partial charge in [-0.3, -0.25) is 9.59 Å². The number of fused-ring (bicyclic) bond motifs is 1. The Bertz CT molecular complexity index is 657. The van der Waals surface area contributed by atoms with Crippen LogP contribution in [0.5, 0.6) is 11.5 Å². The Balaban J connectivity index is 1.78. The molecule has 5 nitrogen and oxygen atoms in total. The van der Waals surface area contributed by atoms with E-state index in [2.05, 4.69) is 0 Å². The van der Waals surface area contributed by atoms with Gasteiger partial charge in [0.2, 0.25) is 5.91 Å². The molecule has 0 aromatic heterocycles. The summed E-state index contributed by atoms with van der Waals surface area (Å²) in [4.78, 5) is 26.2. The number of hydrogen-bond donors (Lipinski definition) is 0. The number of carbonyl (C=O) groups is 2. The number of allylic oxidation sites excluding steroid dienone is 1. The molecule has 0 aliphatic carbocycles. The second-order valence-corrected chi connectivity index (χ2v) is 6.07. The molecule has 0 radical (unpaired) electrons. The number of nitrogens with zero attached hydrogens (tertiary/aromatic N) is 1. The van der Waals surface area contributed by atoms with Crippen molar-refractivity contribution in [3.63, 3.8) is 0 Å². The molecule has 0 saturated carbocycles. The summed E-state index contributed by atoms with van der Waals surface area (Å²) in [6.07, 6.45) is 5.02. The molecule has 0 unspecified atom stereocenters. The number of rotatable bonds is 2. The molecule has 1 fully saturated rings. The zero-order chi connectivity index (χ0) is 16.4. The fourth-order valence-electron chi connectivity index (χ4n) is 3.26. The highest BCUT2D eigenvalue weighted by Crippen LogP contribution is 2.40. The van der Waals surface area contributed by atoms with Crippen LogP contribution >= 0.6 is 0 Å². The predicted molar refractivity (Wildman–Crippen MR) is 85.9 cm³/mol. The van der Waals surface area contributed by atoms with Crippen LogP contribution in [0.15, 0.2) is 30.4 Å². The van der Waals surface area contributed by atoms with E-state index in [1.165, 1.54) is 0 Å². The predicted octanol–water partition coefficient (Wildman–Crippen LogP) is 2.60. The van der Waals surface area contributed by atoms with Crippen molar-refractivity contribution in [3.05, 3.63) is 35.9 Å². The molecular formula is C18H21NO4. The van der Waals surface area contributed by atoms with Gasteiger partial charge in [-0.1, -0.05) is 6.08 Å². The Morgan fingerprint density at radius 1 is 1.35 bits per heavy atom. The lowest BCUT2D eigenvalue weighted by molar-refractivity contribution is -0.129. The highest BCUT2D eigenvalue weighted by atomic mass is 16.5. The maximum atomic E-state index is 12.5. The van der Waals surface area contributed by atoms with Gasteiger partial charge in [0.1, 0.15) is 17.1 Å². The molecule has 3 rings (SSSR count). The quantitative estimate of drug-likeness (QED) is 0.787. The fraction of sp³-hybridized carbons (Fsp3) is 0.444. The molecule has 0 N–H and O–H groups in total. The molecule has 1 spiro atoms. The number of likely N-dealkylation sites (tertiary alicyclic amines) is 1. The lowest BCUT2D eigenvalue weighted by Crippen LogP contribution is -2.52. The lowest BCUT2D eigenvalue weighted by atomic mass is 9.82. The maximum absolute atomic E-state index is 12.5. The third kappa shape index (κ3) is 2.96. The van der Waals surface area contributed by atoms with Gasteiger partial charge in [-0.15, -0.1) is 0 Å². The molecule has 2 aliphatic heterocycles. The summed E-state index contributed by atoms with van der Waals surface area (Å²) >= 11 is 0. The molecule has 0 bridgehead atoms. The number of methoxy groups -OCH3 is 1. The molecule has 122 valence electrons.